The third kappa shape index (κ3) is 5.34. The molecule has 2 N–H and O–H groups in total. The molecule has 1 aliphatic rings. The second kappa shape index (κ2) is 6.78. The number of likely N-dealkylation sites (N-methyl/N-ethyl adjacent to an activating group) is 1. The van der Waals surface area contributed by atoms with Gasteiger partial charge in [-0.1, -0.05) is 0 Å². The quantitative estimate of drug-likeness (QED) is 0.690. The highest BCUT2D eigenvalue weighted by Gasteiger charge is 2.19. The first-order valence-corrected chi connectivity index (χ1v) is 5.95. The highest BCUT2D eigenvalue weighted by atomic mass is 35.5. The molecule has 3 amide bonds. The van der Waals surface area contributed by atoms with E-state index in [1.54, 1.807) is 0 Å². The molecule has 0 aromatic rings. The number of nitrogens with one attached hydrogen (secondary N) is 2. The summed E-state index contributed by atoms with van der Waals surface area (Å²) in [5, 5.41) is 3.99. The minimum Gasteiger partial charge on any atom is -0.374 e. The van der Waals surface area contributed by atoms with Gasteiger partial charge >= 0.3 is 6.03 Å². The Balaban J connectivity index is 2.21. The number of hydrogen-bond acceptors (Lipinski definition) is 4. The molecule has 0 aromatic heterocycles. The molecule has 0 aliphatic carbocycles. The fourth-order valence-corrected chi connectivity index (χ4v) is 1.51. The van der Waals surface area contributed by atoms with E-state index in [1.807, 2.05) is 7.05 Å². The van der Waals surface area contributed by atoms with Gasteiger partial charge in [0.05, 0.1) is 12.7 Å². The summed E-state index contributed by atoms with van der Waals surface area (Å²) in [5.41, 5.74) is 0. The van der Waals surface area contributed by atoms with Gasteiger partial charge in [-0.15, -0.1) is 11.6 Å². The number of alkyl halides is 1. The summed E-state index contributed by atoms with van der Waals surface area (Å²) in [4.78, 5) is 24.5. The number of imide groups is 1. The van der Waals surface area contributed by atoms with E-state index in [-0.39, 0.29) is 6.10 Å². The Morgan fingerprint density at radius 3 is 2.88 bits per heavy atom. The minimum absolute atomic E-state index is 0.0389. The predicted octanol–water partition coefficient (Wildman–Crippen LogP) is -0.230. The lowest BCUT2D eigenvalue weighted by atomic mass is 10.3. The Morgan fingerprint density at radius 1 is 1.59 bits per heavy atom. The lowest BCUT2D eigenvalue weighted by Crippen LogP contribution is -2.49. The van der Waals surface area contributed by atoms with Crippen LogP contribution in [0.1, 0.15) is 6.92 Å². The number of amides is 3. The van der Waals surface area contributed by atoms with E-state index < -0.39 is 17.3 Å². The fraction of sp³-hybridized carbons (Fsp3) is 0.800. The number of carbonyl (C=O) groups is 2. The number of urea groups is 1. The monoisotopic (exact) mass is 263 g/mol. The van der Waals surface area contributed by atoms with Crippen molar-refractivity contribution in [2.75, 3.05) is 33.3 Å². The number of carbonyl (C=O) groups excluding carboxylic acids is 2. The van der Waals surface area contributed by atoms with Crippen LogP contribution in [-0.4, -0.2) is 61.6 Å². The molecule has 7 heteroatoms. The van der Waals surface area contributed by atoms with Crippen molar-refractivity contribution < 1.29 is 14.3 Å². The zero-order chi connectivity index (χ0) is 12.8. The van der Waals surface area contributed by atoms with Gasteiger partial charge in [-0.2, -0.15) is 0 Å². The summed E-state index contributed by atoms with van der Waals surface area (Å²) in [5.74, 6) is -0.508. The largest absolute Gasteiger partial charge is 0.374 e. The van der Waals surface area contributed by atoms with Crippen LogP contribution in [0.25, 0.3) is 0 Å². The summed E-state index contributed by atoms with van der Waals surface area (Å²) in [6, 6.07) is -0.542. The molecule has 0 radical (unpaired) electrons. The molecule has 2 unspecified atom stereocenters. The molecule has 1 rings (SSSR count). The normalized spacial score (nSPS) is 22.9. The van der Waals surface area contributed by atoms with Gasteiger partial charge in [0.15, 0.2) is 0 Å². The van der Waals surface area contributed by atoms with Gasteiger partial charge in [0.25, 0.3) is 0 Å². The van der Waals surface area contributed by atoms with Crippen molar-refractivity contribution in [3.8, 4) is 0 Å². The van der Waals surface area contributed by atoms with E-state index >= 15 is 0 Å². The van der Waals surface area contributed by atoms with Gasteiger partial charge in [-0.05, 0) is 14.0 Å². The van der Waals surface area contributed by atoms with Gasteiger partial charge in [0.2, 0.25) is 5.91 Å². The summed E-state index contributed by atoms with van der Waals surface area (Å²) < 4.78 is 5.46. The third-order valence-electron chi connectivity index (χ3n) is 2.43. The maximum absolute atomic E-state index is 11.3. The number of nitrogens with zero attached hydrogens (tertiary/aromatic N) is 1. The molecule has 0 saturated carbocycles. The lowest BCUT2D eigenvalue weighted by molar-refractivity contribution is -0.119. The van der Waals surface area contributed by atoms with Crippen LogP contribution in [0, 0.1) is 0 Å². The molecule has 98 valence electrons. The van der Waals surface area contributed by atoms with Gasteiger partial charge < -0.3 is 15.0 Å². The highest BCUT2D eigenvalue weighted by Crippen LogP contribution is 2.01. The highest BCUT2D eigenvalue weighted by molar-refractivity contribution is 6.31. The smallest absolute Gasteiger partial charge is 0.321 e. The molecule has 17 heavy (non-hydrogen) atoms. The molecule has 1 saturated heterocycles. The Hall–Kier alpha value is -0.850. The van der Waals surface area contributed by atoms with E-state index in [0.29, 0.717) is 13.2 Å². The Kier molecular flexibility index (Phi) is 5.67. The van der Waals surface area contributed by atoms with Crippen LogP contribution in [0.2, 0.25) is 0 Å². The molecular formula is C10H18ClN3O3. The van der Waals surface area contributed by atoms with Crippen molar-refractivity contribution in [2.24, 2.45) is 0 Å². The van der Waals surface area contributed by atoms with Crippen molar-refractivity contribution in [3.63, 3.8) is 0 Å². The first-order chi connectivity index (χ1) is 7.99. The third-order valence-corrected chi connectivity index (χ3v) is 2.63. The van der Waals surface area contributed by atoms with Crippen molar-refractivity contribution in [3.05, 3.63) is 0 Å². The Morgan fingerprint density at radius 2 is 2.29 bits per heavy atom. The van der Waals surface area contributed by atoms with Crippen LogP contribution in [0.5, 0.6) is 0 Å². The molecule has 1 aliphatic heterocycles. The summed E-state index contributed by atoms with van der Waals surface area (Å²) in [6.07, 6.45) is -0.0389. The van der Waals surface area contributed by atoms with E-state index in [0.717, 1.165) is 13.1 Å². The fourth-order valence-electron chi connectivity index (χ4n) is 1.45. The van der Waals surface area contributed by atoms with Gasteiger partial charge in [-0.3, -0.25) is 10.1 Å². The Labute approximate surface area is 106 Å². The molecule has 6 nitrogen and oxygen atoms in total. The molecule has 1 heterocycles. The Bertz CT molecular complexity index is 286. The average Bonchev–Trinajstić information content (AvgIpc) is 2.26. The maximum Gasteiger partial charge on any atom is 0.321 e. The number of ether oxygens (including phenoxy) is 1. The van der Waals surface area contributed by atoms with E-state index in [9.17, 15) is 9.59 Å². The van der Waals surface area contributed by atoms with Crippen molar-refractivity contribution in [1.82, 2.24) is 15.5 Å². The van der Waals surface area contributed by atoms with Crippen molar-refractivity contribution in [2.45, 2.75) is 18.4 Å². The molecule has 0 bridgehead atoms. The van der Waals surface area contributed by atoms with Crippen molar-refractivity contribution in [1.29, 1.82) is 0 Å². The van der Waals surface area contributed by atoms with Crippen LogP contribution in [0.4, 0.5) is 4.79 Å². The van der Waals surface area contributed by atoms with E-state index in [4.69, 9.17) is 16.3 Å². The van der Waals surface area contributed by atoms with E-state index in [1.165, 1.54) is 6.92 Å². The van der Waals surface area contributed by atoms with Crippen LogP contribution >= 0.6 is 11.6 Å². The molecular weight excluding hydrogens is 246 g/mol. The minimum atomic E-state index is -0.724. The summed E-state index contributed by atoms with van der Waals surface area (Å²) in [7, 11) is 1.99. The molecule has 2 atom stereocenters. The molecule has 0 spiro atoms. The van der Waals surface area contributed by atoms with Crippen LogP contribution in [0.3, 0.4) is 0 Å². The number of halogens is 1. The average molecular weight is 264 g/mol. The number of hydrogen-bond donors (Lipinski definition) is 2. The SMILES string of the molecule is CC(Cl)C(=O)NC(=O)NCC1CN(C)CCO1. The standard InChI is InChI=1S/C10H18ClN3O3/c1-7(11)9(15)13-10(16)12-5-8-6-14(2)3-4-17-8/h7-8H,3-6H2,1-2H3,(H2,12,13,15,16). The van der Waals surface area contributed by atoms with Gasteiger partial charge in [0, 0.05) is 19.6 Å². The van der Waals surface area contributed by atoms with E-state index in [2.05, 4.69) is 15.5 Å². The zero-order valence-electron chi connectivity index (χ0n) is 10.0. The lowest BCUT2D eigenvalue weighted by Gasteiger charge is -2.30. The molecule has 0 aromatic carbocycles. The van der Waals surface area contributed by atoms with Crippen LogP contribution in [0.15, 0.2) is 0 Å². The summed E-state index contributed by atoms with van der Waals surface area (Å²) in [6.45, 7) is 4.19. The second-order valence-electron chi connectivity index (χ2n) is 4.07. The topological polar surface area (TPSA) is 70.7 Å². The summed E-state index contributed by atoms with van der Waals surface area (Å²) >= 11 is 5.52. The van der Waals surface area contributed by atoms with Crippen molar-refractivity contribution >= 4 is 23.5 Å². The maximum atomic E-state index is 11.3. The van der Waals surface area contributed by atoms with Crippen LogP contribution in [-0.2, 0) is 9.53 Å². The first-order valence-electron chi connectivity index (χ1n) is 5.52. The van der Waals surface area contributed by atoms with Gasteiger partial charge in [0.1, 0.15) is 5.38 Å². The number of rotatable bonds is 3. The molecule has 1 fully saturated rings. The zero-order valence-corrected chi connectivity index (χ0v) is 10.8. The first kappa shape index (κ1) is 14.2. The van der Waals surface area contributed by atoms with Gasteiger partial charge in [-0.25, -0.2) is 4.79 Å². The second-order valence-corrected chi connectivity index (χ2v) is 4.72. The van der Waals surface area contributed by atoms with Crippen LogP contribution < -0.4 is 10.6 Å². The number of morpholine rings is 1. The predicted molar refractivity (Wildman–Crippen MR) is 64.1 cm³/mol.